The molecule has 0 saturated carbocycles. The molecule has 42 heavy (non-hydrogen) atoms. The predicted molar refractivity (Wildman–Crippen MR) is 169 cm³/mol. The van der Waals surface area contributed by atoms with E-state index in [2.05, 4.69) is 50.4 Å². The zero-order chi connectivity index (χ0) is 30.3. The number of ketones is 1. The normalized spacial score (nSPS) is 12.5. The van der Waals surface area contributed by atoms with Crippen LogP contribution < -0.4 is 5.32 Å². The second-order valence-corrected chi connectivity index (χ2v) is 13.1. The van der Waals surface area contributed by atoms with Gasteiger partial charge >= 0.3 is 0 Å². The number of nitrogens with one attached hydrogen (secondary N) is 1. The highest BCUT2D eigenvalue weighted by Gasteiger charge is 2.22. The van der Waals surface area contributed by atoms with E-state index in [0.29, 0.717) is 17.7 Å². The molecule has 0 radical (unpaired) electrons. The van der Waals surface area contributed by atoms with Gasteiger partial charge in [-0.25, -0.2) is 0 Å². The van der Waals surface area contributed by atoms with Gasteiger partial charge in [-0.15, -0.1) is 0 Å². The number of hydrogen-bond donors (Lipinski definition) is 2. The maximum Gasteiger partial charge on any atom is 0.264 e. The number of hydrogen-bond acceptors (Lipinski definition) is 4. The Morgan fingerprint density at radius 2 is 1.36 bits per heavy atom. The van der Waals surface area contributed by atoms with Crippen molar-refractivity contribution in [3.8, 4) is 11.1 Å². The molecule has 7 heteroatoms. The molecular formula is C35H37NO5S. The van der Waals surface area contributed by atoms with Gasteiger partial charge in [-0.3, -0.25) is 14.1 Å². The molecule has 218 valence electrons. The maximum atomic E-state index is 13.5. The maximum absolute atomic E-state index is 13.5. The van der Waals surface area contributed by atoms with Crippen molar-refractivity contribution in [2.45, 2.75) is 51.4 Å². The number of benzene rings is 4. The Balaban J connectivity index is 1.53. The number of carbonyl (C=O) groups excluding carboxylic acids is 2. The van der Waals surface area contributed by atoms with E-state index in [9.17, 15) is 18.0 Å². The molecule has 1 amide bonds. The molecule has 4 aromatic carbocycles. The molecule has 2 N–H and O–H groups in total. The summed E-state index contributed by atoms with van der Waals surface area (Å²) in [6.45, 7) is 6.57. The molecule has 0 bridgehead atoms. The van der Waals surface area contributed by atoms with E-state index >= 15 is 0 Å². The van der Waals surface area contributed by atoms with Crippen LogP contribution in [0.25, 0.3) is 11.1 Å². The fourth-order valence-corrected chi connectivity index (χ4v) is 5.31. The van der Waals surface area contributed by atoms with E-state index in [4.69, 9.17) is 4.55 Å². The van der Waals surface area contributed by atoms with Gasteiger partial charge in [0, 0.05) is 17.7 Å². The summed E-state index contributed by atoms with van der Waals surface area (Å²) in [5.41, 5.74) is 6.47. The van der Waals surface area contributed by atoms with Crippen LogP contribution in [0.1, 0.15) is 66.6 Å². The van der Waals surface area contributed by atoms with Crippen LogP contribution in [-0.4, -0.2) is 30.4 Å². The molecule has 6 nitrogen and oxygen atoms in total. The topological polar surface area (TPSA) is 101 Å². The molecule has 0 saturated heterocycles. The fraction of sp³-hybridized carbons (Fsp3) is 0.257. The van der Waals surface area contributed by atoms with Gasteiger partial charge in [-0.05, 0) is 58.2 Å². The van der Waals surface area contributed by atoms with Gasteiger partial charge < -0.3 is 5.32 Å². The van der Waals surface area contributed by atoms with E-state index in [0.717, 1.165) is 22.3 Å². The third-order valence-corrected chi connectivity index (χ3v) is 8.08. The Morgan fingerprint density at radius 3 is 1.90 bits per heavy atom. The van der Waals surface area contributed by atoms with Crippen LogP contribution >= 0.6 is 0 Å². The van der Waals surface area contributed by atoms with Crippen LogP contribution in [0.4, 0.5) is 5.69 Å². The monoisotopic (exact) mass is 583 g/mol. The first-order valence-corrected chi connectivity index (χ1v) is 15.6. The van der Waals surface area contributed by atoms with E-state index in [1.807, 2.05) is 66.7 Å². The van der Waals surface area contributed by atoms with Gasteiger partial charge in [0.15, 0.2) is 5.78 Å². The number of Topliss-reactive ketones (excluding diaryl/α,β-unsaturated/α-hetero) is 1. The molecule has 0 aliphatic heterocycles. The van der Waals surface area contributed by atoms with Gasteiger partial charge in [-0.2, -0.15) is 8.42 Å². The van der Waals surface area contributed by atoms with E-state index < -0.39 is 21.8 Å². The summed E-state index contributed by atoms with van der Waals surface area (Å²) in [4.78, 5) is 26.0. The number of amides is 1. The summed E-state index contributed by atoms with van der Waals surface area (Å²) in [7, 11) is -4.10. The lowest BCUT2D eigenvalue weighted by molar-refractivity contribution is -0.117. The zero-order valence-electron chi connectivity index (χ0n) is 24.2. The van der Waals surface area contributed by atoms with Gasteiger partial charge in [0.2, 0.25) is 5.91 Å². The van der Waals surface area contributed by atoms with Crippen molar-refractivity contribution >= 4 is 27.5 Å². The summed E-state index contributed by atoms with van der Waals surface area (Å²) in [6, 6.07) is 33.0. The minimum absolute atomic E-state index is 0.0204. The number of anilines is 1. The Hall–Kier alpha value is -4.07. The number of para-hydroxylation sites is 1. The summed E-state index contributed by atoms with van der Waals surface area (Å²) in [5.74, 6) is -1.25. The first-order chi connectivity index (χ1) is 19.9. The van der Waals surface area contributed by atoms with Crippen molar-refractivity contribution in [3.63, 3.8) is 0 Å². The number of rotatable bonds is 11. The third kappa shape index (κ3) is 8.71. The van der Waals surface area contributed by atoms with Crippen molar-refractivity contribution in [2.75, 3.05) is 11.1 Å². The van der Waals surface area contributed by atoms with Crippen molar-refractivity contribution < 1.29 is 22.6 Å². The van der Waals surface area contributed by atoms with Crippen molar-refractivity contribution in [2.24, 2.45) is 0 Å². The average Bonchev–Trinajstić information content (AvgIpc) is 2.96. The number of carbonyl (C=O) groups is 2. The van der Waals surface area contributed by atoms with Crippen LogP contribution in [0.2, 0.25) is 0 Å². The highest BCUT2D eigenvalue weighted by atomic mass is 32.2. The molecular weight excluding hydrogens is 546 g/mol. The van der Waals surface area contributed by atoms with Gasteiger partial charge in [-0.1, -0.05) is 112 Å². The Bertz CT molecular complexity index is 1600. The summed E-state index contributed by atoms with van der Waals surface area (Å²) in [6.07, 6.45) is 0.500. The lowest BCUT2D eigenvalue weighted by Crippen LogP contribution is -2.23. The molecule has 0 spiro atoms. The summed E-state index contributed by atoms with van der Waals surface area (Å²) >= 11 is 0. The molecule has 4 aromatic rings. The van der Waals surface area contributed by atoms with Gasteiger partial charge in [0.05, 0.1) is 11.7 Å². The zero-order valence-corrected chi connectivity index (χ0v) is 25.0. The first kappa shape index (κ1) is 30.9. The van der Waals surface area contributed by atoms with Crippen LogP contribution in [0.15, 0.2) is 103 Å². The lowest BCUT2D eigenvalue weighted by atomic mass is 9.86. The van der Waals surface area contributed by atoms with Crippen molar-refractivity contribution in [3.05, 3.63) is 125 Å². The quantitative estimate of drug-likeness (QED) is 0.141. The molecule has 0 aromatic heterocycles. The largest absolute Gasteiger partial charge is 0.326 e. The Labute approximate surface area is 248 Å². The minimum atomic E-state index is -4.10. The predicted octanol–water partition coefficient (Wildman–Crippen LogP) is 7.47. The van der Waals surface area contributed by atoms with Crippen LogP contribution in [-0.2, 0) is 26.7 Å². The van der Waals surface area contributed by atoms with E-state index in [1.54, 1.807) is 12.1 Å². The highest BCUT2D eigenvalue weighted by Crippen LogP contribution is 2.29. The second-order valence-electron chi connectivity index (χ2n) is 11.6. The van der Waals surface area contributed by atoms with Crippen molar-refractivity contribution in [1.29, 1.82) is 0 Å². The van der Waals surface area contributed by atoms with Gasteiger partial charge in [0.1, 0.15) is 0 Å². The standard InChI is InChI=1S/C35H37NO5S/c1-35(2,3)30-21-19-27(20-22-30)26-15-17-28(18-16-26)32(34(38)36-31-8-5-4-6-9-31)24-25-11-13-29(14-12-25)33(37)10-7-23-42(39,40)41/h4-6,8-9,11-22,32H,7,10,23-24H2,1-3H3,(H,36,38)(H,39,40,41). The second kappa shape index (κ2) is 13.3. The molecule has 0 heterocycles. The Kier molecular flexibility index (Phi) is 9.76. The van der Waals surface area contributed by atoms with E-state index in [-0.39, 0.29) is 29.9 Å². The summed E-state index contributed by atoms with van der Waals surface area (Å²) < 4.78 is 30.8. The minimum Gasteiger partial charge on any atom is -0.326 e. The molecule has 0 aliphatic carbocycles. The summed E-state index contributed by atoms with van der Waals surface area (Å²) in [5, 5.41) is 3.03. The molecule has 1 unspecified atom stereocenters. The molecule has 4 rings (SSSR count). The SMILES string of the molecule is CC(C)(C)c1ccc(-c2ccc(C(Cc3ccc(C(=O)CCCS(=O)(=O)O)cc3)C(=O)Nc3ccccc3)cc2)cc1. The molecule has 0 fully saturated rings. The Morgan fingerprint density at radius 1 is 0.786 bits per heavy atom. The lowest BCUT2D eigenvalue weighted by Gasteiger charge is -2.20. The highest BCUT2D eigenvalue weighted by molar-refractivity contribution is 7.85. The first-order valence-electron chi connectivity index (χ1n) is 14.0. The van der Waals surface area contributed by atoms with Crippen LogP contribution in [0.5, 0.6) is 0 Å². The van der Waals surface area contributed by atoms with Gasteiger partial charge in [0.25, 0.3) is 10.1 Å². The fourth-order valence-electron chi connectivity index (χ4n) is 4.81. The molecule has 1 atom stereocenters. The average molecular weight is 584 g/mol. The molecule has 0 aliphatic rings. The van der Waals surface area contributed by atoms with Crippen molar-refractivity contribution in [1.82, 2.24) is 0 Å². The van der Waals surface area contributed by atoms with Crippen LogP contribution in [0.3, 0.4) is 0 Å². The third-order valence-electron chi connectivity index (χ3n) is 7.28. The van der Waals surface area contributed by atoms with E-state index in [1.165, 1.54) is 5.56 Å². The van der Waals surface area contributed by atoms with Crippen LogP contribution in [0, 0.1) is 0 Å². The smallest absolute Gasteiger partial charge is 0.264 e.